The second kappa shape index (κ2) is 4.43. The summed E-state index contributed by atoms with van der Waals surface area (Å²) < 4.78 is 0. The zero-order valence-electron chi connectivity index (χ0n) is 9.63. The minimum Gasteiger partial charge on any atom is -0.387 e. The molecule has 1 fully saturated rings. The van der Waals surface area contributed by atoms with E-state index >= 15 is 0 Å². The van der Waals surface area contributed by atoms with Gasteiger partial charge in [0.25, 0.3) is 0 Å². The Morgan fingerprint density at radius 1 is 1.35 bits per heavy atom. The fraction of sp³-hybridized carbons (Fsp3) is 0.357. The first-order valence-corrected chi connectivity index (χ1v) is 6.10. The first kappa shape index (κ1) is 10.7. The highest BCUT2D eigenvalue weighted by Crippen LogP contribution is 2.28. The average Bonchev–Trinajstić information content (AvgIpc) is 2.91. The summed E-state index contributed by atoms with van der Waals surface area (Å²) in [6, 6.07) is 8.20. The molecule has 88 valence electrons. The number of aliphatic hydroxyl groups is 1. The third-order valence-electron chi connectivity index (χ3n) is 3.52. The Bertz CT molecular complexity index is 515. The van der Waals surface area contributed by atoms with Gasteiger partial charge in [-0.15, -0.1) is 0 Å². The highest BCUT2D eigenvalue weighted by Gasteiger charge is 2.24. The molecule has 2 atom stereocenters. The summed E-state index contributed by atoms with van der Waals surface area (Å²) in [5, 5.41) is 16.0. The Morgan fingerprint density at radius 2 is 2.29 bits per heavy atom. The second-order valence-electron chi connectivity index (χ2n) is 4.59. The number of fused-ring (bicyclic) bond motifs is 1. The summed E-state index contributed by atoms with van der Waals surface area (Å²) in [6.45, 7) is 1.00. The third-order valence-corrected chi connectivity index (χ3v) is 3.52. The molecule has 3 rings (SSSR count). The van der Waals surface area contributed by atoms with Crippen LogP contribution in [0.2, 0.25) is 0 Å². The zero-order valence-corrected chi connectivity index (χ0v) is 9.63. The molecule has 2 aromatic rings. The summed E-state index contributed by atoms with van der Waals surface area (Å²) in [6.07, 6.45) is 5.36. The van der Waals surface area contributed by atoms with Crippen molar-refractivity contribution in [2.24, 2.45) is 0 Å². The molecule has 0 radical (unpaired) electrons. The first-order chi connectivity index (χ1) is 8.36. The largest absolute Gasteiger partial charge is 0.387 e. The fourth-order valence-electron chi connectivity index (χ4n) is 2.59. The molecular weight excluding hydrogens is 212 g/mol. The lowest BCUT2D eigenvalue weighted by Crippen LogP contribution is -2.28. The lowest BCUT2D eigenvalue weighted by molar-refractivity contribution is 0.139. The predicted octanol–water partition coefficient (Wildman–Crippen LogP) is 2.02. The van der Waals surface area contributed by atoms with Crippen LogP contribution in [-0.4, -0.2) is 22.7 Å². The van der Waals surface area contributed by atoms with Crippen LogP contribution in [0.4, 0.5) is 0 Å². The minimum absolute atomic E-state index is 0.181. The molecule has 1 aliphatic rings. The summed E-state index contributed by atoms with van der Waals surface area (Å²) in [7, 11) is 0. The molecule has 0 saturated carbocycles. The van der Waals surface area contributed by atoms with Crippen molar-refractivity contribution in [2.75, 3.05) is 6.54 Å². The van der Waals surface area contributed by atoms with Crippen molar-refractivity contribution in [3.63, 3.8) is 0 Å². The van der Waals surface area contributed by atoms with Gasteiger partial charge in [-0.05, 0) is 36.4 Å². The molecule has 2 unspecified atom stereocenters. The third kappa shape index (κ3) is 1.92. The van der Waals surface area contributed by atoms with Gasteiger partial charge in [-0.3, -0.25) is 4.98 Å². The van der Waals surface area contributed by atoms with Gasteiger partial charge in [0.05, 0.1) is 6.10 Å². The van der Waals surface area contributed by atoms with Crippen molar-refractivity contribution in [1.29, 1.82) is 0 Å². The van der Waals surface area contributed by atoms with E-state index in [0.717, 1.165) is 35.7 Å². The Labute approximate surface area is 100 Å². The summed E-state index contributed by atoms with van der Waals surface area (Å²) >= 11 is 0. The summed E-state index contributed by atoms with van der Waals surface area (Å²) in [5.41, 5.74) is 0.981. The van der Waals surface area contributed by atoms with Crippen LogP contribution in [0.5, 0.6) is 0 Å². The van der Waals surface area contributed by atoms with E-state index in [9.17, 15) is 5.11 Å². The molecule has 3 heteroatoms. The summed E-state index contributed by atoms with van der Waals surface area (Å²) in [4.78, 5) is 4.15. The standard InChI is InChI=1S/C14H16N2O/c17-14(13-5-2-7-16-13)11-4-1-3-10-6-8-15-9-12(10)11/h1,3-4,6,8-9,13-14,16-17H,2,5,7H2. The number of nitrogens with zero attached hydrogens (tertiary/aromatic N) is 1. The number of pyridine rings is 1. The van der Waals surface area contributed by atoms with Gasteiger partial charge in [-0.25, -0.2) is 0 Å². The fourth-order valence-corrected chi connectivity index (χ4v) is 2.59. The molecule has 0 amide bonds. The maximum absolute atomic E-state index is 10.4. The molecule has 2 heterocycles. The highest BCUT2D eigenvalue weighted by molar-refractivity contribution is 5.85. The molecule has 1 aromatic carbocycles. The minimum atomic E-state index is -0.439. The monoisotopic (exact) mass is 228 g/mol. The molecule has 3 nitrogen and oxygen atoms in total. The number of aliphatic hydroxyl groups excluding tert-OH is 1. The SMILES string of the molecule is OC(c1cccc2ccncc12)C1CCCN1. The molecule has 0 spiro atoms. The maximum Gasteiger partial charge on any atom is 0.0949 e. The average molecular weight is 228 g/mol. The lowest BCUT2D eigenvalue weighted by Gasteiger charge is -2.20. The molecular formula is C14H16N2O. The molecule has 1 aromatic heterocycles. The smallest absolute Gasteiger partial charge is 0.0949 e. The van der Waals surface area contributed by atoms with Gasteiger partial charge in [-0.2, -0.15) is 0 Å². The molecule has 1 saturated heterocycles. The Morgan fingerprint density at radius 3 is 3.12 bits per heavy atom. The van der Waals surface area contributed by atoms with Crippen LogP contribution in [0.15, 0.2) is 36.7 Å². The van der Waals surface area contributed by atoms with Crippen LogP contribution in [0.25, 0.3) is 10.8 Å². The van der Waals surface area contributed by atoms with E-state index in [0.29, 0.717) is 0 Å². The predicted molar refractivity (Wildman–Crippen MR) is 67.7 cm³/mol. The van der Waals surface area contributed by atoms with Gasteiger partial charge in [0.1, 0.15) is 0 Å². The van der Waals surface area contributed by atoms with Crippen molar-refractivity contribution >= 4 is 10.8 Å². The normalized spacial score (nSPS) is 21.8. The van der Waals surface area contributed by atoms with E-state index in [-0.39, 0.29) is 6.04 Å². The van der Waals surface area contributed by atoms with E-state index in [1.807, 2.05) is 24.4 Å². The molecule has 2 N–H and O–H groups in total. The molecule has 1 aliphatic heterocycles. The number of nitrogens with one attached hydrogen (secondary N) is 1. The van der Waals surface area contributed by atoms with Crippen molar-refractivity contribution in [1.82, 2.24) is 10.3 Å². The van der Waals surface area contributed by atoms with Crippen molar-refractivity contribution in [3.05, 3.63) is 42.2 Å². The number of hydrogen-bond acceptors (Lipinski definition) is 3. The van der Waals surface area contributed by atoms with Crippen molar-refractivity contribution in [3.8, 4) is 0 Å². The van der Waals surface area contributed by atoms with Crippen LogP contribution in [-0.2, 0) is 0 Å². The Kier molecular flexibility index (Phi) is 2.79. The van der Waals surface area contributed by atoms with Crippen LogP contribution >= 0.6 is 0 Å². The van der Waals surface area contributed by atoms with Gasteiger partial charge >= 0.3 is 0 Å². The zero-order chi connectivity index (χ0) is 11.7. The quantitative estimate of drug-likeness (QED) is 0.826. The number of benzene rings is 1. The van der Waals surface area contributed by atoms with E-state index in [1.54, 1.807) is 6.20 Å². The summed E-state index contributed by atoms with van der Waals surface area (Å²) in [5.74, 6) is 0. The Hall–Kier alpha value is -1.45. The first-order valence-electron chi connectivity index (χ1n) is 6.10. The molecule has 0 aliphatic carbocycles. The maximum atomic E-state index is 10.4. The van der Waals surface area contributed by atoms with Gasteiger partial charge in [0.15, 0.2) is 0 Å². The number of aromatic nitrogens is 1. The second-order valence-corrected chi connectivity index (χ2v) is 4.59. The van der Waals surface area contributed by atoms with Gasteiger partial charge < -0.3 is 10.4 Å². The Balaban J connectivity index is 2.04. The van der Waals surface area contributed by atoms with E-state index in [1.165, 1.54) is 0 Å². The van der Waals surface area contributed by atoms with E-state index < -0.39 is 6.10 Å². The molecule has 17 heavy (non-hydrogen) atoms. The number of hydrogen-bond donors (Lipinski definition) is 2. The highest BCUT2D eigenvalue weighted by atomic mass is 16.3. The van der Waals surface area contributed by atoms with Crippen molar-refractivity contribution in [2.45, 2.75) is 25.0 Å². The van der Waals surface area contributed by atoms with Crippen LogP contribution in [0, 0.1) is 0 Å². The van der Waals surface area contributed by atoms with Crippen LogP contribution in [0.3, 0.4) is 0 Å². The van der Waals surface area contributed by atoms with Crippen LogP contribution < -0.4 is 5.32 Å². The van der Waals surface area contributed by atoms with Gasteiger partial charge in [-0.1, -0.05) is 18.2 Å². The topological polar surface area (TPSA) is 45.2 Å². The van der Waals surface area contributed by atoms with Gasteiger partial charge in [0.2, 0.25) is 0 Å². The van der Waals surface area contributed by atoms with E-state index in [4.69, 9.17) is 0 Å². The van der Waals surface area contributed by atoms with E-state index in [2.05, 4.69) is 16.4 Å². The van der Waals surface area contributed by atoms with Crippen LogP contribution in [0.1, 0.15) is 24.5 Å². The lowest BCUT2D eigenvalue weighted by atomic mass is 9.96. The van der Waals surface area contributed by atoms with Gasteiger partial charge in [0, 0.05) is 23.8 Å². The van der Waals surface area contributed by atoms with Crippen molar-refractivity contribution < 1.29 is 5.11 Å². The molecule has 0 bridgehead atoms. The number of rotatable bonds is 2.